The summed E-state index contributed by atoms with van der Waals surface area (Å²) in [4.78, 5) is 10.5. The quantitative estimate of drug-likeness (QED) is 0.190. The van der Waals surface area contributed by atoms with Gasteiger partial charge in [0.1, 0.15) is 0 Å². The third-order valence-corrected chi connectivity index (χ3v) is 10.1. The molecule has 0 aliphatic heterocycles. The second-order valence-electron chi connectivity index (χ2n) is 13.4. The first kappa shape index (κ1) is 29.1. The summed E-state index contributed by atoms with van der Waals surface area (Å²) < 4.78 is 0. The maximum absolute atomic E-state index is 5.32. The lowest BCUT2D eigenvalue weighted by Crippen LogP contribution is -2.14. The highest BCUT2D eigenvalue weighted by Gasteiger charge is 2.35. The van der Waals surface area contributed by atoms with E-state index in [1.807, 2.05) is 6.07 Å². The van der Waals surface area contributed by atoms with Crippen LogP contribution in [0.4, 0.5) is 0 Å². The molecule has 1 aromatic heterocycles. The van der Waals surface area contributed by atoms with E-state index in [9.17, 15) is 0 Å². The van der Waals surface area contributed by atoms with Crippen molar-refractivity contribution in [3.05, 3.63) is 181 Å². The summed E-state index contributed by atoms with van der Waals surface area (Å²) in [6.07, 6.45) is 0. The van der Waals surface area contributed by atoms with Gasteiger partial charge in [-0.05, 0) is 73.5 Å². The minimum Gasteiger partial charge on any atom is -0.228 e. The van der Waals surface area contributed by atoms with E-state index < -0.39 is 0 Å². The van der Waals surface area contributed by atoms with Gasteiger partial charge < -0.3 is 0 Å². The van der Waals surface area contributed by atoms with Crippen LogP contribution in [0, 0.1) is 0 Å². The van der Waals surface area contributed by atoms with Gasteiger partial charge in [0.05, 0.1) is 11.4 Å². The highest BCUT2D eigenvalue weighted by molar-refractivity contribution is 6.05. The maximum atomic E-state index is 5.32. The van der Waals surface area contributed by atoms with Gasteiger partial charge in [-0.25, -0.2) is 9.97 Å². The molecule has 1 heterocycles. The molecule has 0 spiro atoms. The third-order valence-electron chi connectivity index (χ3n) is 10.1. The van der Waals surface area contributed by atoms with Crippen LogP contribution in [0.3, 0.4) is 0 Å². The van der Waals surface area contributed by atoms with Gasteiger partial charge >= 0.3 is 0 Å². The van der Waals surface area contributed by atoms with Crippen molar-refractivity contribution in [2.24, 2.45) is 0 Å². The predicted molar refractivity (Wildman–Crippen MR) is 204 cm³/mol. The molecule has 0 atom stereocenters. The number of nitrogens with zero attached hydrogens (tertiary/aromatic N) is 2. The van der Waals surface area contributed by atoms with Gasteiger partial charge in [-0.3, -0.25) is 0 Å². The fourth-order valence-electron chi connectivity index (χ4n) is 7.67. The zero-order valence-electron chi connectivity index (χ0n) is 27.6. The molecule has 0 N–H and O–H groups in total. The summed E-state index contributed by atoms with van der Waals surface area (Å²) in [6, 6.07) is 60.6. The van der Waals surface area contributed by atoms with Gasteiger partial charge in [0, 0.05) is 22.1 Å². The van der Waals surface area contributed by atoms with Crippen LogP contribution in [0.1, 0.15) is 25.0 Å². The maximum Gasteiger partial charge on any atom is 0.161 e. The van der Waals surface area contributed by atoms with E-state index >= 15 is 0 Å². The Morgan fingerprint density at radius 1 is 0.347 bits per heavy atom. The molecule has 2 nitrogen and oxygen atoms in total. The second-order valence-corrected chi connectivity index (χ2v) is 13.4. The van der Waals surface area contributed by atoms with Gasteiger partial charge in [0.25, 0.3) is 0 Å². The molecule has 0 fully saturated rings. The Kier molecular flexibility index (Phi) is 6.84. The predicted octanol–water partition coefficient (Wildman–Crippen LogP) is 12.3. The van der Waals surface area contributed by atoms with E-state index in [4.69, 9.17) is 9.97 Å². The Bertz CT molecular complexity index is 2510. The van der Waals surface area contributed by atoms with E-state index in [2.05, 4.69) is 178 Å². The summed E-state index contributed by atoms with van der Waals surface area (Å²) in [5.74, 6) is 0.714. The van der Waals surface area contributed by atoms with E-state index in [-0.39, 0.29) is 5.41 Å². The minimum absolute atomic E-state index is 0.0195. The molecule has 1 aliphatic rings. The molecule has 7 aromatic carbocycles. The van der Waals surface area contributed by atoms with Crippen molar-refractivity contribution in [1.82, 2.24) is 9.97 Å². The molecule has 0 amide bonds. The van der Waals surface area contributed by atoms with Crippen LogP contribution >= 0.6 is 0 Å². The number of rotatable bonds is 5. The Morgan fingerprint density at radius 3 is 1.65 bits per heavy atom. The van der Waals surface area contributed by atoms with Gasteiger partial charge in [-0.15, -0.1) is 0 Å². The summed E-state index contributed by atoms with van der Waals surface area (Å²) in [6.45, 7) is 4.66. The molecule has 0 saturated heterocycles. The molecule has 0 bridgehead atoms. The SMILES string of the molecule is CC1(C)c2ccccc2-c2cc(-c3ccc(-c4nc(-c5ccccc5)cc(-c5ccccc5-c5ccccc5)n4)c4ccccc34)ccc21. The number of hydrogen-bond acceptors (Lipinski definition) is 2. The van der Waals surface area contributed by atoms with Gasteiger partial charge in [0.2, 0.25) is 0 Å². The van der Waals surface area contributed by atoms with Crippen LogP contribution < -0.4 is 0 Å². The first-order valence-electron chi connectivity index (χ1n) is 16.9. The van der Waals surface area contributed by atoms with Gasteiger partial charge in [-0.1, -0.05) is 166 Å². The van der Waals surface area contributed by atoms with Gasteiger partial charge in [-0.2, -0.15) is 0 Å². The molecule has 1 aliphatic carbocycles. The molecule has 9 rings (SSSR count). The highest BCUT2D eigenvalue weighted by atomic mass is 14.9. The van der Waals surface area contributed by atoms with Crippen molar-refractivity contribution in [1.29, 1.82) is 0 Å². The van der Waals surface area contributed by atoms with Crippen LogP contribution in [-0.4, -0.2) is 9.97 Å². The lowest BCUT2D eigenvalue weighted by Gasteiger charge is -2.21. The Balaban J connectivity index is 1.23. The lowest BCUT2D eigenvalue weighted by molar-refractivity contribution is 0.660. The average Bonchev–Trinajstić information content (AvgIpc) is 3.40. The molecule has 2 heteroatoms. The Morgan fingerprint density at radius 2 is 0.898 bits per heavy atom. The summed E-state index contributed by atoms with van der Waals surface area (Å²) >= 11 is 0. The molecule has 0 saturated carbocycles. The smallest absolute Gasteiger partial charge is 0.161 e. The van der Waals surface area contributed by atoms with Crippen molar-refractivity contribution in [3.8, 4) is 67.3 Å². The first-order chi connectivity index (χ1) is 24.1. The van der Waals surface area contributed by atoms with E-state index in [1.54, 1.807) is 0 Å². The molecule has 0 unspecified atom stereocenters. The van der Waals surface area contributed by atoms with Crippen molar-refractivity contribution < 1.29 is 0 Å². The second kappa shape index (κ2) is 11.5. The third kappa shape index (κ3) is 4.88. The van der Waals surface area contributed by atoms with Gasteiger partial charge in [0.15, 0.2) is 5.82 Å². The fraction of sp³-hybridized carbons (Fsp3) is 0.0638. The van der Waals surface area contributed by atoms with E-state index in [0.29, 0.717) is 5.82 Å². The monoisotopic (exact) mass is 626 g/mol. The van der Waals surface area contributed by atoms with Crippen molar-refractivity contribution in [3.63, 3.8) is 0 Å². The normalized spacial score (nSPS) is 12.9. The average molecular weight is 627 g/mol. The highest BCUT2D eigenvalue weighted by Crippen LogP contribution is 2.50. The summed E-state index contributed by atoms with van der Waals surface area (Å²) in [5, 5.41) is 2.32. The molecular weight excluding hydrogens is 593 g/mol. The first-order valence-corrected chi connectivity index (χ1v) is 16.9. The Hall–Kier alpha value is -6.12. The number of hydrogen-bond donors (Lipinski definition) is 0. The van der Waals surface area contributed by atoms with Crippen molar-refractivity contribution in [2.45, 2.75) is 19.3 Å². The molecule has 49 heavy (non-hydrogen) atoms. The summed E-state index contributed by atoms with van der Waals surface area (Å²) in [7, 11) is 0. The molecule has 232 valence electrons. The topological polar surface area (TPSA) is 25.8 Å². The van der Waals surface area contributed by atoms with Crippen molar-refractivity contribution in [2.75, 3.05) is 0 Å². The van der Waals surface area contributed by atoms with E-state index in [0.717, 1.165) is 44.6 Å². The molecule has 8 aromatic rings. The number of benzene rings is 7. The number of fused-ring (bicyclic) bond motifs is 4. The van der Waals surface area contributed by atoms with Crippen LogP contribution in [0.15, 0.2) is 170 Å². The minimum atomic E-state index is -0.0195. The van der Waals surface area contributed by atoms with Crippen LogP contribution in [-0.2, 0) is 5.41 Å². The lowest BCUT2D eigenvalue weighted by atomic mass is 9.82. The zero-order chi connectivity index (χ0) is 33.0. The molecule has 0 radical (unpaired) electrons. The van der Waals surface area contributed by atoms with Crippen LogP contribution in [0.5, 0.6) is 0 Å². The largest absolute Gasteiger partial charge is 0.228 e. The van der Waals surface area contributed by atoms with Crippen molar-refractivity contribution >= 4 is 10.8 Å². The zero-order valence-corrected chi connectivity index (χ0v) is 27.6. The number of aromatic nitrogens is 2. The fourth-order valence-corrected chi connectivity index (χ4v) is 7.67. The molecular formula is C47H34N2. The standard InChI is InChI=1S/C47H34N2/c1-47(2)42-24-14-13-22-38(42)41-29-33(25-28-43(41)47)35-26-27-40(37-21-11-10-20-36(35)37)46-48-44(32-17-7-4-8-18-32)30-45(49-46)39-23-12-9-19-34(39)31-15-5-3-6-16-31/h3-30H,1-2H3. The Labute approximate surface area is 287 Å². The van der Waals surface area contributed by atoms with E-state index in [1.165, 1.54) is 38.8 Å². The summed E-state index contributed by atoms with van der Waals surface area (Å²) in [5.41, 5.74) is 15.1. The van der Waals surface area contributed by atoms with Crippen LogP contribution in [0.2, 0.25) is 0 Å². The van der Waals surface area contributed by atoms with Crippen LogP contribution in [0.25, 0.3) is 78.1 Å².